The second-order valence-electron chi connectivity index (χ2n) is 8.10. The highest BCUT2D eigenvalue weighted by molar-refractivity contribution is 6.04. The number of nitrogens with zero attached hydrogens (tertiary/aromatic N) is 3. The third-order valence-corrected chi connectivity index (χ3v) is 5.42. The molecule has 1 aromatic carbocycles. The lowest BCUT2D eigenvalue weighted by molar-refractivity contribution is -0.118. The van der Waals surface area contributed by atoms with Crippen molar-refractivity contribution >= 4 is 23.7 Å². The number of benzene rings is 1. The summed E-state index contributed by atoms with van der Waals surface area (Å²) in [7, 11) is 0. The molecule has 0 unspecified atom stereocenters. The first-order valence-corrected chi connectivity index (χ1v) is 10.2. The summed E-state index contributed by atoms with van der Waals surface area (Å²) in [5, 5.41) is 3.13. The van der Waals surface area contributed by atoms with Gasteiger partial charge in [-0.25, -0.2) is 0 Å². The van der Waals surface area contributed by atoms with E-state index in [1.807, 2.05) is 12.1 Å². The molecule has 29 heavy (non-hydrogen) atoms. The van der Waals surface area contributed by atoms with E-state index < -0.39 is 0 Å². The van der Waals surface area contributed by atoms with Crippen molar-refractivity contribution < 1.29 is 9.59 Å². The summed E-state index contributed by atoms with van der Waals surface area (Å²) >= 11 is 0. The van der Waals surface area contributed by atoms with Crippen LogP contribution in [0.5, 0.6) is 0 Å². The number of para-hydroxylation sites is 1. The highest BCUT2D eigenvalue weighted by atomic mass is 16.2. The fourth-order valence-corrected chi connectivity index (χ4v) is 3.70. The molecule has 2 aromatic rings. The molecule has 3 rings (SSSR count). The maximum Gasteiger partial charge on any atom is 0.274 e. The number of carbonyl (C=O) groups excluding carboxylic acids is 2. The van der Waals surface area contributed by atoms with Gasteiger partial charge < -0.3 is 15.1 Å². The summed E-state index contributed by atoms with van der Waals surface area (Å²) < 4.78 is 0. The Hall–Kier alpha value is -2.89. The first kappa shape index (κ1) is 20.8. The van der Waals surface area contributed by atoms with E-state index in [1.165, 1.54) is 0 Å². The van der Waals surface area contributed by atoms with Gasteiger partial charge in [0.2, 0.25) is 6.41 Å². The van der Waals surface area contributed by atoms with Crippen molar-refractivity contribution in [3.05, 3.63) is 53.3 Å². The zero-order valence-corrected chi connectivity index (χ0v) is 17.7. The maximum absolute atomic E-state index is 13.1. The molecule has 0 radical (unpaired) electrons. The molecule has 0 saturated carbocycles. The molecule has 2 heterocycles. The molecule has 0 bridgehead atoms. The van der Waals surface area contributed by atoms with Gasteiger partial charge in [-0.15, -0.1) is 0 Å². The molecule has 0 atom stereocenters. The molecule has 1 aromatic heterocycles. The van der Waals surface area contributed by atoms with Gasteiger partial charge in [0.1, 0.15) is 5.69 Å². The van der Waals surface area contributed by atoms with Gasteiger partial charge in [-0.2, -0.15) is 0 Å². The average Bonchev–Trinajstić information content (AvgIpc) is 2.73. The molecular formula is C23H30N4O2. The van der Waals surface area contributed by atoms with Crippen LogP contribution in [0.15, 0.2) is 36.5 Å². The number of anilines is 2. The lowest BCUT2D eigenvalue weighted by Crippen LogP contribution is -2.45. The lowest BCUT2D eigenvalue weighted by atomic mass is 9.92. The van der Waals surface area contributed by atoms with E-state index >= 15 is 0 Å². The number of nitrogens with one attached hydrogen (secondary N) is 1. The second kappa shape index (κ2) is 9.07. The molecule has 1 N–H and O–H groups in total. The van der Waals surface area contributed by atoms with Crippen molar-refractivity contribution in [3.63, 3.8) is 0 Å². The van der Waals surface area contributed by atoms with Gasteiger partial charge in [-0.1, -0.05) is 45.9 Å². The Morgan fingerprint density at radius 2 is 1.66 bits per heavy atom. The monoisotopic (exact) mass is 394 g/mol. The number of amides is 2. The molecular weight excluding hydrogens is 364 g/mol. The molecule has 1 fully saturated rings. The van der Waals surface area contributed by atoms with Crippen LogP contribution in [-0.4, -0.2) is 48.4 Å². The van der Waals surface area contributed by atoms with Crippen LogP contribution in [0.25, 0.3) is 0 Å². The van der Waals surface area contributed by atoms with E-state index in [0.29, 0.717) is 30.6 Å². The van der Waals surface area contributed by atoms with Crippen LogP contribution < -0.4 is 10.2 Å². The molecule has 1 aliphatic heterocycles. The van der Waals surface area contributed by atoms with Gasteiger partial charge in [0.15, 0.2) is 0 Å². The van der Waals surface area contributed by atoms with Crippen LogP contribution in [0.2, 0.25) is 0 Å². The quantitative estimate of drug-likeness (QED) is 0.756. The number of pyridine rings is 1. The van der Waals surface area contributed by atoms with E-state index in [2.05, 4.69) is 61.1 Å². The number of carbonyl (C=O) groups is 2. The van der Waals surface area contributed by atoms with Gasteiger partial charge in [0, 0.05) is 43.8 Å². The molecule has 154 valence electrons. The molecule has 1 aliphatic rings. The van der Waals surface area contributed by atoms with E-state index in [-0.39, 0.29) is 5.91 Å². The summed E-state index contributed by atoms with van der Waals surface area (Å²) in [5.74, 6) is 0.406. The normalized spacial score (nSPS) is 14.4. The van der Waals surface area contributed by atoms with E-state index in [1.54, 1.807) is 11.1 Å². The number of piperazine rings is 1. The molecule has 6 nitrogen and oxygen atoms in total. The van der Waals surface area contributed by atoms with Crippen LogP contribution in [0, 0.1) is 0 Å². The van der Waals surface area contributed by atoms with Crippen LogP contribution in [0.3, 0.4) is 0 Å². The third kappa shape index (κ3) is 4.75. The average molecular weight is 395 g/mol. The Morgan fingerprint density at radius 3 is 2.21 bits per heavy atom. The fraction of sp³-hybridized carbons (Fsp3) is 0.435. The first-order valence-electron chi connectivity index (χ1n) is 10.2. The van der Waals surface area contributed by atoms with Gasteiger partial charge in [-0.05, 0) is 35.1 Å². The van der Waals surface area contributed by atoms with Gasteiger partial charge in [0.25, 0.3) is 5.91 Å². The van der Waals surface area contributed by atoms with Crippen molar-refractivity contribution in [2.75, 3.05) is 36.4 Å². The van der Waals surface area contributed by atoms with Crippen molar-refractivity contribution in [2.24, 2.45) is 0 Å². The molecule has 2 amide bonds. The minimum Gasteiger partial charge on any atom is -0.368 e. The number of rotatable bonds is 6. The Labute approximate surface area is 172 Å². The van der Waals surface area contributed by atoms with Crippen molar-refractivity contribution in [2.45, 2.75) is 39.5 Å². The van der Waals surface area contributed by atoms with Crippen LogP contribution in [-0.2, 0) is 4.79 Å². The molecule has 0 aliphatic carbocycles. The van der Waals surface area contributed by atoms with Crippen molar-refractivity contribution in [1.82, 2.24) is 9.88 Å². The molecule has 0 spiro atoms. The predicted molar refractivity (Wildman–Crippen MR) is 117 cm³/mol. The zero-order valence-electron chi connectivity index (χ0n) is 17.7. The Kier molecular flexibility index (Phi) is 6.52. The summed E-state index contributed by atoms with van der Waals surface area (Å²) in [5.41, 5.74) is 4.51. The summed E-state index contributed by atoms with van der Waals surface area (Å²) in [6.45, 7) is 11.4. The minimum absolute atomic E-state index is 0.201. The van der Waals surface area contributed by atoms with Crippen molar-refractivity contribution in [3.8, 4) is 0 Å². The second-order valence-corrected chi connectivity index (χ2v) is 8.10. The van der Waals surface area contributed by atoms with Gasteiger partial charge in [0.05, 0.1) is 0 Å². The largest absolute Gasteiger partial charge is 0.368 e. The number of hydrogen-bond donors (Lipinski definition) is 1. The summed E-state index contributed by atoms with van der Waals surface area (Å²) in [6, 6.07) is 9.94. The predicted octanol–water partition coefficient (Wildman–Crippen LogP) is 3.86. The van der Waals surface area contributed by atoms with Gasteiger partial charge in [-0.3, -0.25) is 14.6 Å². The standard InChI is InChI=1S/C23H30N4O2/c1-16(2)19-6-5-7-20(17(3)4)22(19)25-23(29)21-14-18(8-9-24-21)27-12-10-26(15-28)11-13-27/h5-9,14-17H,10-13H2,1-4H3,(H,25,29). The van der Waals surface area contributed by atoms with Crippen LogP contribution in [0.1, 0.15) is 61.1 Å². The van der Waals surface area contributed by atoms with E-state index in [0.717, 1.165) is 42.0 Å². The molecule has 6 heteroatoms. The Morgan fingerprint density at radius 1 is 1.03 bits per heavy atom. The van der Waals surface area contributed by atoms with E-state index in [9.17, 15) is 9.59 Å². The fourth-order valence-electron chi connectivity index (χ4n) is 3.70. The highest BCUT2D eigenvalue weighted by Gasteiger charge is 2.20. The highest BCUT2D eigenvalue weighted by Crippen LogP contribution is 2.32. The smallest absolute Gasteiger partial charge is 0.274 e. The van der Waals surface area contributed by atoms with Crippen LogP contribution in [0.4, 0.5) is 11.4 Å². The van der Waals surface area contributed by atoms with E-state index in [4.69, 9.17) is 0 Å². The van der Waals surface area contributed by atoms with Gasteiger partial charge >= 0.3 is 0 Å². The minimum atomic E-state index is -0.201. The SMILES string of the molecule is CC(C)c1cccc(C(C)C)c1NC(=O)c1cc(N2CCN(C=O)CC2)ccn1. The van der Waals surface area contributed by atoms with Crippen LogP contribution >= 0.6 is 0 Å². The Balaban J connectivity index is 1.83. The summed E-state index contributed by atoms with van der Waals surface area (Å²) in [6.07, 6.45) is 2.56. The topological polar surface area (TPSA) is 65.5 Å². The van der Waals surface area contributed by atoms with Crippen molar-refractivity contribution in [1.29, 1.82) is 0 Å². The summed E-state index contributed by atoms with van der Waals surface area (Å²) in [4.78, 5) is 32.2. The lowest BCUT2D eigenvalue weighted by Gasteiger charge is -2.34. The third-order valence-electron chi connectivity index (χ3n) is 5.42. The zero-order chi connectivity index (χ0) is 21.0. The Bertz CT molecular complexity index is 845. The first-order chi connectivity index (χ1) is 13.9. The number of hydrogen-bond acceptors (Lipinski definition) is 4. The molecule has 1 saturated heterocycles. The maximum atomic E-state index is 13.1. The number of aromatic nitrogens is 1.